The van der Waals surface area contributed by atoms with E-state index >= 15 is 0 Å². The molecule has 1 aromatic heterocycles. The van der Waals surface area contributed by atoms with Gasteiger partial charge in [-0.1, -0.05) is 22.9 Å². The molecule has 30 heavy (non-hydrogen) atoms. The molecule has 2 aromatic carbocycles. The zero-order valence-corrected chi connectivity index (χ0v) is 19.5. The molecule has 1 heterocycles. The van der Waals surface area contributed by atoms with Gasteiger partial charge in [0.1, 0.15) is 11.5 Å². The summed E-state index contributed by atoms with van der Waals surface area (Å²) < 4.78 is 12.1. The minimum absolute atomic E-state index is 0. The van der Waals surface area contributed by atoms with E-state index in [0.29, 0.717) is 35.6 Å². The number of hydrogen-bond donors (Lipinski definition) is 0. The van der Waals surface area contributed by atoms with Crippen LogP contribution >= 0.6 is 35.3 Å². The fourth-order valence-electron chi connectivity index (χ4n) is 2.65. The molecule has 162 valence electrons. The van der Waals surface area contributed by atoms with Gasteiger partial charge in [-0.05, 0) is 63.5 Å². The van der Waals surface area contributed by atoms with Crippen molar-refractivity contribution in [2.75, 3.05) is 45.3 Å². The number of carbonyl (C=O) groups excluding carboxylic acids is 1. The topological polar surface area (TPSA) is 54.9 Å². The summed E-state index contributed by atoms with van der Waals surface area (Å²) >= 11 is 7.53. The van der Waals surface area contributed by atoms with Gasteiger partial charge in [0.05, 0.1) is 16.8 Å². The Labute approximate surface area is 191 Å². The zero-order chi connectivity index (χ0) is 20.8. The average Bonchev–Trinajstić information content (AvgIpc) is 3.10. The van der Waals surface area contributed by atoms with Crippen LogP contribution in [0.4, 0.5) is 5.13 Å². The molecular formula is C21H25Cl2N3O3S. The number of benzene rings is 2. The van der Waals surface area contributed by atoms with Gasteiger partial charge in [-0.2, -0.15) is 0 Å². The minimum Gasteiger partial charge on any atom is -0.494 e. The smallest absolute Gasteiger partial charge is 0.266 e. The molecule has 3 rings (SSSR count). The molecule has 6 nitrogen and oxygen atoms in total. The lowest BCUT2D eigenvalue weighted by molar-refractivity contribution is -0.120. The largest absolute Gasteiger partial charge is 0.494 e. The molecular weight excluding hydrogens is 445 g/mol. The quantitative estimate of drug-likeness (QED) is 0.452. The third kappa shape index (κ3) is 6.47. The van der Waals surface area contributed by atoms with Gasteiger partial charge >= 0.3 is 0 Å². The Bertz CT molecular complexity index is 964. The van der Waals surface area contributed by atoms with E-state index in [1.165, 1.54) is 11.3 Å². The second-order valence-corrected chi connectivity index (χ2v) is 8.10. The number of amides is 1. The zero-order valence-electron chi connectivity index (χ0n) is 17.1. The van der Waals surface area contributed by atoms with E-state index in [4.69, 9.17) is 21.1 Å². The average molecular weight is 470 g/mol. The summed E-state index contributed by atoms with van der Waals surface area (Å²) in [5.41, 5.74) is 0.824. The normalized spacial score (nSPS) is 10.7. The highest BCUT2D eigenvalue weighted by Gasteiger charge is 2.20. The Hall–Kier alpha value is -2.06. The van der Waals surface area contributed by atoms with Crippen LogP contribution in [-0.2, 0) is 4.79 Å². The Balaban J connectivity index is 0.00000320. The van der Waals surface area contributed by atoms with Gasteiger partial charge in [-0.3, -0.25) is 9.69 Å². The maximum atomic E-state index is 12.9. The molecule has 0 aliphatic carbocycles. The molecule has 0 spiro atoms. The van der Waals surface area contributed by atoms with Crippen LogP contribution in [0.1, 0.15) is 6.92 Å². The van der Waals surface area contributed by atoms with Crippen molar-refractivity contribution in [2.24, 2.45) is 0 Å². The van der Waals surface area contributed by atoms with Crippen molar-refractivity contribution < 1.29 is 14.3 Å². The van der Waals surface area contributed by atoms with Crippen molar-refractivity contribution in [3.8, 4) is 11.5 Å². The Morgan fingerprint density at radius 2 is 1.73 bits per heavy atom. The van der Waals surface area contributed by atoms with Gasteiger partial charge in [0.2, 0.25) is 0 Å². The minimum atomic E-state index is -0.147. The number of aromatic nitrogens is 1. The first-order chi connectivity index (χ1) is 14.0. The van der Waals surface area contributed by atoms with E-state index in [1.54, 1.807) is 23.1 Å². The summed E-state index contributed by atoms with van der Waals surface area (Å²) in [6.07, 6.45) is 0. The fraction of sp³-hybridized carbons (Fsp3) is 0.333. The van der Waals surface area contributed by atoms with Crippen molar-refractivity contribution in [3.63, 3.8) is 0 Å². The molecule has 0 N–H and O–H groups in total. The molecule has 0 fully saturated rings. The molecule has 9 heteroatoms. The van der Waals surface area contributed by atoms with Crippen molar-refractivity contribution >= 4 is 56.6 Å². The van der Waals surface area contributed by atoms with Crippen LogP contribution in [0, 0.1) is 0 Å². The second kappa shape index (κ2) is 11.4. The highest BCUT2D eigenvalue weighted by molar-refractivity contribution is 7.22. The van der Waals surface area contributed by atoms with E-state index < -0.39 is 0 Å². The molecule has 0 radical (unpaired) electrons. The van der Waals surface area contributed by atoms with Gasteiger partial charge in [-0.15, -0.1) is 12.4 Å². The lowest BCUT2D eigenvalue weighted by atomic mass is 10.3. The van der Waals surface area contributed by atoms with E-state index in [2.05, 4.69) is 4.98 Å². The van der Waals surface area contributed by atoms with E-state index in [0.717, 1.165) is 16.0 Å². The van der Waals surface area contributed by atoms with Crippen molar-refractivity contribution in [1.29, 1.82) is 0 Å². The fourth-order valence-corrected chi connectivity index (χ4v) is 3.94. The number of thiazole rings is 1. The molecule has 0 atom stereocenters. The van der Waals surface area contributed by atoms with Gasteiger partial charge in [0.25, 0.3) is 5.91 Å². The third-order valence-corrected chi connectivity index (χ3v) is 5.42. The molecule has 0 bridgehead atoms. The van der Waals surface area contributed by atoms with Crippen LogP contribution in [-0.4, -0.2) is 56.2 Å². The maximum absolute atomic E-state index is 12.9. The number of carbonyl (C=O) groups is 1. The van der Waals surface area contributed by atoms with E-state index in [9.17, 15) is 4.79 Å². The third-order valence-electron chi connectivity index (χ3n) is 4.14. The van der Waals surface area contributed by atoms with Crippen molar-refractivity contribution in [1.82, 2.24) is 9.88 Å². The number of anilines is 1. The van der Waals surface area contributed by atoms with Crippen LogP contribution in [0.25, 0.3) is 10.2 Å². The van der Waals surface area contributed by atoms with Crippen LogP contribution in [0.2, 0.25) is 5.02 Å². The highest BCUT2D eigenvalue weighted by Crippen LogP contribution is 2.31. The van der Waals surface area contributed by atoms with Crippen LogP contribution < -0.4 is 14.4 Å². The van der Waals surface area contributed by atoms with E-state index in [1.807, 2.05) is 50.2 Å². The highest BCUT2D eigenvalue weighted by atomic mass is 35.5. The number of hydrogen-bond acceptors (Lipinski definition) is 6. The predicted molar refractivity (Wildman–Crippen MR) is 126 cm³/mol. The summed E-state index contributed by atoms with van der Waals surface area (Å²) in [6.45, 7) is 3.70. The van der Waals surface area contributed by atoms with Crippen LogP contribution in [0.3, 0.4) is 0 Å². The van der Waals surface area contributed by atoms with E-state index in [-0.39, 0.29) is 24.9 Å². The number of likely N-dealkylation sites (N-methyl/N-ethyl adjacent to an activating group) is 1. The van der Waals surface area contributed by atoms with Crippen molar-refractivity contribution in [2.45, 2.75) is 6.92 Å². The molecule has 1 amide bonds. The van der Waals surface area contributed by atoms with Gasteiger partial charge in [-0.25, -0.2) is 4.98 Å². The van der Waals surface area contributed by atoms with Crippen molar-refractivity contribution in [3.05, 3.63) is 47.5 Å². The lowest BCUT2D eigenvalue weighted by Crippen LogP contribution is -2.39. The van der Waals surface area contributed by atoms with Gasteiger partial charge in [0.15, 0.2) is 11.7 Å². The van der Waals surface area contributed by atoms with Crippen LogP contribution in [0.15, 0.2) is 42.5 Å². The maximum Gasteiger partial charge on any atom is 0.266 e. The number of halogens is 2. The molecule has 3 aromatic rings. The summed E-state index contributed by atoms with van der Waals surface area (Å²) in [4.78, 5) is 21.3. The second-order valence-electron chi connectivity index (χ2n) is 6.65. The molecule has 0 aliphatic heterocycles. The van der Waals surface area contributed by atoms with Gasteiger partial charge < -0.3 is 14.4 Å². The summed E-state index contributed by atoms with van der Waals surface area (Å²) in [7, 11) is 3.94. The number of rotatable bonds is 9. The van der Waals surface area contributed by atoms with Gasteiger partial charge in [0, 0.05) is 18.1 Å². The number of nitrogens with zero attached hydrogens (tertiary/aromatic N) is 3. The van der Waals surface area contributed by atoms with Crippen LogP contribution in [0.5, 0.6) is 11.5 Å². The standard InChI is InChI=1S/C21H24ClN3O3S.ClH/c1-4-27-16-6-8-17(9-7-16)28-14-20(26)25(12-11-24(2)3)21-23-18-10-5-15(22)13-19(18)29-21;/h5-10,13H,4,11-12,14H2,1-3H3;1H. The molecule has 0 saturated carbocycles. The molecule has 0 saturated heterocycles. The molecule has 0 unspecified atom stereocenters. The Morgan fingerprint density at radius 3 is 2.37 bits per heavy atom. The first-order valence-electron chi connectivity index (χ1n) is 9.33. The Morgan fingerprint density at radius 1 is 1.07 bits per heavy atom. The molecule has 0 aliphatic rings. The summed E-state index contributed by atoms with van der Waals surface area (Å²) in [5.74, 6) is 1.24. The lowest BCUT2D eigenvalue weighted by Gasteiger charge is -2.22. The number of ether oxygens (including phenoxy) is 2. The first kappa shape index (κ1) is 24.2. The monoisotopic (exact) mass is 469 g/mol. The number of fused-ring (bicyclic) bond motifs is 1. The summed E-state index contributed by atoms with van der Waals surface area (Å²) in [6, 6.07) is 12.8. The SMILES string of the molecule is CCOc1ccc(OCC(=O)N(CCN(C)C)c2nc3ccc(Cl)cc3s2)cc1.Cl. The Kier molecular flexibility index (Phi) is 9.17. The summed E-state index contributed by atoms with van der Waals surface area (Å²) in [5, 5.41) is 1.29. The predicted octanol–water partition coefficient (Wildman–Crippen LogP) is 4.74. The first-order valence-corrected chi connectivity index (χ1v) is 10.5.